The van der Waals surface area contributed by atoms with Crippen molar-refractivity contribution < 1.29 is 9.53 Å². The average Bonchev–Trinajstić information content (AvgIpc) is 2.40. The van der Waals surface area contributed by atoms with Crippen LogP contribution in [0.2, 0.25) is 0 Å². The Morgan fingerprint density at radius 1 is 1.50 bits per heavy atom. The van der Waals surface area contributed by atoms with Crippen molar-refractivity contribution in [3.8, 4) is 0 Å². The highest BCUT2D eigenvalue weighted by molar-refractivity contribution is 5.66. The third-order valence-electron chi connectivity index (χ3n) is 1.75. The molecule has 3 heteroatoms. The van der Waals surface area contributed by atoms with E-state index in [1.54, 1.807) is 0 Å². The lowest BCUT2D eigenvalue weighted by molar-refractivity contribution is 0.102. The Morgan fingerprint density at radius 2 is 2.10 bits per heavy atom. The first-order chi connectivity index (χ1) is 4.83. The number of carbonyl (C=O) groups excluding carboxylic acids is 1. The van der Waals surface area contributed by atoms with Crippen molar-refractivity contribution >= 4 is 6.09 Å². The standard InChI is InChI=1S/C7H12NO2/c1-8-7(9)10-6-4-2-3-5-6/h6H,2-5H2,1H3. The summed E-state index contributed by atoms with van der Waals surface area (Å²) < 4.78 is 4.95. The highest BCUT2D eigenvalue weighted by Crippen LogP contribution is 2.20. The van der Waals surface area contributed by atoms with E-state index in [0.29, 0.717) is 0 Å². The van der Waals surface area contributed by atoms with Gasteiger partial charge in [0.25, 0.3) is 0 Å². The van der Waals surface area contributed by atoms with Gasteiger partial charge in [-0.1, -0.05) is 0 Å². The topological polar surface area (TPSA) is 40.4 Å². The van der Waals surface area contributed by atoms with Crippen molar-refractivity contribution in [3.05, 3.63) is 0 Å². The Kier molecular flexibility index (Phi) is 2.54. The lowest BCUT2D eigenvalue weighted by atomic mass is 10.3. The molecular weight excluding hydrogens is 130 g/mol. The predicted molar refractivity (Wildman–Crippen MR) is 36.8 cm³/mol. The fourth-order valence-electron chi connectivity index (χ4n) is 1.20. The van der Waals surface area contributed by atoms with Gasteiger partial charge in [-0.3, -0.25) is 0 Å². The molecule has 0 atom stereocenters. The van der Waals surface area contributed by atoms with Crippen LogP contribution in [0.5, 0.6) is 0 Å². The summed E-state index contributed by atoms with van der Waals surface area (Å²) in [4.78, 5) is 10.6. The molecule has 1 aliphatic carbocycles. The summed E-state index contributed by atoms with van der Waals surface area (Å²) >= 11 is 0. The van der Waals surface area contributed by atoms with Crippen LogP contribution in [0.3, 0.4) is 0 Å². The SMILES string of the molecule is C[N]C(=O)OC1CCCC1. The summed E-state index contributed by atoms with van der Waals surface area (Å²) in [5, 5.41) is 3.39. The predicted octanol–water partition coefficient (Wildman–Crippen LogP) is 1.30. The van der Waals surface area contributed by atoms with Gasteiger partial charge in [-0.2, -0.15) is 0 Å². The largest absolute Gasteiger partial charge is 0.445 e. The van der Waals surface area contributed by atoms with Crippen LogP contribution in [0.4, 0.5) is 4.79 Å². The smallest absolute Gasteiger partial charge is 0.428 e. The van der Waals surface area contributed by atoms with Gasteiger partial charge in [0.2, 0.25) is 0 Å². The Balaban J connectivity index is 2.17. The second-order valence-corrected chi connectivity index (χ2v) is 2.51. The molecule has 1 saturated carbocycles. The van der Waals surface area contributed by atoms with Crippen LogP contribution < -0.4 is 5.32 Å². The van der Waals surface area contributed by atoms with Gasteiger partial charge >= 0.3 is 6.09 Å². The summed E-state index contributed by atoms with van der Waals surface area (Å²) in [6.45, 7) is 0. The highest BCUT2D eigenvalue weighted by Gasteiger charge is 2.18. The van der Waals surface area contributed by atoms with Gasteiger partial charge in [-0.15, -0.1) is 0 Å². The molecule has 3 nitrogen and oxygen atoms in total. The van der Waals surface area contributed by atoms with Crippen molar-refractivity contribution in [3.63, 3.8) is 0 Å². The van der Waals surface area contributed by atoms with E-state index in [9.17, 15) is 4.79 Å². The first-order valence-electron chi connectivity index (χ1n) is 3.63. The van der Waals surface area contributed by atoms with Gasteiger partial charge in [0, 0.05) is 7.05 Å². The molecule has 0 N–H and O–H groups in total. The Morgan fingerprint density at radius 3 is 2.60 bits per heavy atom. The van der Waals surface area contributed by atoms with Crippen LogP contribution in [0.25, 0.3) is 0 Å². The van der Waals surface area contributed by atoms with E-state index < -0.39 is 6.09 Å². The van der Waals surface area contributed by atoms with E-state index >= 15 is 0 Å². The Labute approximate surface area is 60.7 Å². The van der Waals surface area contributed by atoms with Crippen LogP contribution in [-0.4, -0.2) is 19.2 Å². The van der Waals surface area contributed by atoms with E-state index in [2.05, 4.69) is 5.32 Å². The van der Waals surface area contributed by atoms with Crippen molar-refractivity contribution in [2.45, 2.75) is 31.8 Å². The number of nitrogens with zero attached hydrogens (tertiary/aromatic N) is 1. The fraction of sp³-hybridized carbons (Fsp3) is 0.857. The molecule has 10 heavy (non-hydrogen) atoms. The van der Waals surface area contributed by atoms with E-state index in [1.807, 2.05) is 0 Å². The maximum Gasteiger partial charge on any atom is 0.428 e. The molecule has 1 radical (unpaired) electrons. The molecule has 0 aliphatic heterocycles. The van der Waals surface area contributed by atoms with Gasteiger partial charge in [-0.25, -0.2) is 10.1 Å². The lowest BCUT2D eigenvalue weighted by Gasteiger charge is -2.08. The second-order valence-electron chi connectivity index (χ2n) is 2.51. The first-order valence-corrected chi connectivity index (χ1v) is 3.63. The van der Waals surface area contributed by atoms with Crippen molar-refractivity contribution in [2.24, 2.45) is 0 Å². The molecule has 1 amide bonds. The number of amides is 1. The van der Waals surface area contributed by atoms with Crippen LogP contribution in [0, 0.1) is 0 Å². The molecule has 0 heterocycles. The van der Waals surface area contributed by atoms with Crippen molar-refractivity contribution in [2.75, 3.05) is 7.05 Å². The summed E-state index contributed by atoms with van der Waals surface area (Å²) in [5.74, 6) is 0. The van der Waals surface area contributed by atoms with Gasteiger partial charge in [0.05, 0.1) is 0 Å². The highest BCUT2D eigenvalue weighted by atomic mass is 16.6. The third kappa shape index (κ3) is 1.90. The summed E-state index contributed by atoms with van der Waals surface area (Å²) in [5.41, 5.74) is 0. The maximum absolute atomic E-state index is 10.6. The molecule has 1 rings (SSSR count). The van der Waals surface area contributed by atoms with Crippen LogP contribution in [0.1, 0.15) is 25.7 Å². The number of hydrogen-bond donors (Lipinski definition) is 0. The molecule has 1 fully saturated rings. The quantitative estimate of drug-likeness (QED) is 0.553. The maximum atomic E-state index is 10.6. The van der Waals surface area contributed by atoms with Gasteiger partial charge in [-0.05, 0) is 25.7 Å². The zero-order valence-corrected chi connectivity index (χ0v) is 6.17. The van der Waals surface area contributed by atoms with Gasteiger partial charge < -0.3 is 4.74 Å². The lowest BCUT2D eigenvalue weighted by Crippen LogP contribution is -2.19. The molecule has 57 valence electrons. The summed E-state index contributed by atoms with van der Waals surface area (Å²) in [6.07, 6.45) is 4.12. The van der Waals surface area contributed by atoms with Crippen molar-refractivity contribution in [1.82, 2.24) is 5.32 Å². The molecule has 0 aromatic carbocycles. The average molecular weight is 142 g/mol. The fourth-order valence-corrected chi connectivity index (χ4v) is 1.20. The molecular formula is C7H12NO2. The van der Waals surface area contributed by atoms with Crippen LogP contribution in [0.15, 0.2) is 0 Å². The summed E-state index contributed by atoms with van der Waals surface area (Å²) in [7, 11) is 1.46. The molecule has 0 spiro atoms. The molecule has 0 unspecified atom stereocenters. The minimum atomic E-state index is -0.424. The van der Waals surface area contributed by atoms with Crippen LogP contribution >= 0.6 is 0 Å². The molecule has 0 aromatic heterocycles. The van der Waals surface area contributed by atoms with E-state index in [4.69, 9.17) is 4.74 Å². The van der Waals surface area contributed by atoms with Gasteiger partial charge in [0.1, 0.15) is 6.10 Å². The molecule has 0 bridgehead atoms. The third-order valence-corrected chi connectivity index (χ3v) is 1.75. The van der Waals surface area contributed by atoms with Crippen LogP contribution in [-0.2, 0) is 4.74 Å². The molecule has 0 aromatic rings. The normalized spacial score (nSPS) is 18.9. The molecule has 0 saturated heterocycles. The van der Waals surface area contributed by atoms with Gasteiger partial charge in [0.15, 0.2) is 0 Å². The number of hydrogen-bond acceptors (Lipinski definition) is 2. The summed E-state index contributed by atoms with van der Waals surface area (Å²) in [6, 6.07) is 0. The number of rotatable bonds is 1. The number of carbonyl (C=O) groups is 1. The minimum Gasteiger partial charge on any atom is -0.445 e. The number of ether oxygens (including phenoxy) is 1. The van der Waals surface area contributed by atoms with E-state index in [-0.39, 0.29) is 6.10 Å². The first kappa shape index (κ1) is 7.38. The minimum absolute atomic E-state index is 0.149. The second kappa shape index (κ2) is 3.44. The van der Waals surface area contributed by atoms with E-state index in [0.717, 1.165) is 12.8 Å². The molecule has 1 aliphatic rings. The monoisotopic (exact) mass is 142 g/mol. The zero-order chi connectivity index (χ0) is 7.40. The zero-order valence-electron chi connectivity index (χ0n) is 6.17. The van der Waals surface area contributed by atoms with Crippen molar-refractivity contribution in [1.29, 1.82) is 0 Å². The van der Waals surface area contributed by atoms with E-state index in [1.165, 1.54) is 19.9 Å². The Bertz CT molecular complexity index is 119. The Hall–Kier alpha value is -0.730.